The van der Waals surface area contributed by atoms with Crippen molar-refractivity contribution >= 4 is 28.3 Å². The van der Waals surface area contributed by atoms with E-state index in [0.717, 1.165) is 36.6 Å². The molecular formula is C15H20N6OS. The molecule has 0 bridgehead atoms. The highest BCUT2D eigenvalue weighted by atomic mass is 32.1. The summed E-state index contributed by atoms with van der Waals surface area (Å²) in [5.74, 6) is 0.586. The van der Waals surface area contributed by atoms with Gasteiger partial charge < -0.3 is 10.6 Å². The zero-order chi connectivity index (χ0) is 16.1. The Morgan fingerprint density at radius 1 is 1.39 bits per heavy atom. The first-order chi connectivity index (χ1) is 11.3. The first-order valence-corrected chi connectivity index (χ1v) is 8.58. The maximum absolute atomic E-state index is 11.7. The topological polar surface area (TPSA) is 83.0 Å². The molecule has 0 radical (unpaired) electrons. The number of piperidine rings is 1. The molecule has 2 aromatic heterocycles. The van der Waals surface area contributed by atoms with Crippen LogP contribution < -0.4 is 10.6 Å². The smallest absolute Gasteiger partial charge is 0.233 e. The van der Waals surface area contributed by atoms with Gasteiger partial charge in [-0.15, -0.1) is 11.3 Å². The molecule has 1 fully saturated rings. The lowest BCUT2D eigenvalue weighted by molar-refractivity contribution is -0.122. The minimum absolute atomic E-state index is 0.0446. The van der Waals surface area contributed by atoms with Gasteiger partial charge >= 0.3 is 0 Å². The molecule has 1 atom stereocenters. The van der Waals surface area contributed by atoms with E-state index < -0.39 is 0 Å². The van der Waals surface area contributed by atoms with Gasteiger partial charge in [-0.25, -0.2) is 15.0 Å². The van der Waals surface area contributed by atoms with Crippen LogP contribution in [0.1, 0.15) is 31.0 Å². The van der Waals surface area contributed by atoms with Crippen molar-refractivity contribution in [3.63, 3.8) is 0 Å². The zero-order valence-electron chi connectivity index (χ0n) is 13.0. The second kappa shape index (κ2) is 7.47. The van der Waals surface area contributed by atoms with E-state index in [0.29, 0.717) is 12.5 Å². The lowest BCUT2D eigenvalue weighted by atomic mass is 10.00. The van der Waals surface area contributed by atoms with Gasteiger partial charge in [0, 0.05) is 24.8 Å². The summed E-state index contributed by atoms with van der Waals surface area (Å²) >= 11 is 1.54. The predicted octanol–water partition coefficient (Wildman–Crippen LogP) is 1.95. The summed E-state index contributed by atoms with van der Waals surface area (Å²) in [6.45, 7) is 1.35. The van der Waals surface area contributed by atoms with Crippen LogP contribution in [0.3, 0.4) is 0 Å². The number of aromatic nitrogens is 3. The molecule has 8 heteroatoms. The Morgan fingerprint density at radius 3 is 3.00 bits per heavy atom. The van der Waals surface area contributed by atoms with Gasteiger partial charge in [-0.05, 0) is 25.5 Å². The Labute approximate surface area is 139 Å². The minimum Gasteiger partial charge on any atom is -0.358 e. The largest absolute Gasteiger partial charge is 0.358 e. The maximum Gasteiger partial charge on any atom is 0.233 e. The number of amides is 1. The molecule has 0 aliphatic carbocycles. The SMILES string of the molecule is CNC(=O)CN1CCCCC1c1csc(Nc2ncccn2)n1. The van der Waals surface area contributed by atoms with Gasteiger partial charge in [0.05, 0.1) is 18.3 Å². The fourth-order valence-corrected chi connectivity index (χ4v) is 3.49. The lowest BCUT2D eigenvalue weighted by Gasteiger charge is -2.34. The molecule has 23 heavy (non-hydrogen) atoms. The molecular weight excluding hydrogens is 312 g/mol. The summed E-state index contributed by atoms with van der Waals surface area (Å²) in [4.78, 5) is 26.9. The van der Waals surface area contributed by atoms with Crippen molar-refractivity contribution in [2.24, 2.45) is 0 Å². The number of nitrogens with one attached hydrogen (secondary N) is 2. The molecule has 1 aliphatic heterocycles. The van der Waals surface area contributed by atoms with Crippen LogP contribution in [-0.4, -0.2) is 45.9 Å². The summed E-state index contributed by atoms with van der Waals surface area (Å²) in [5.41, 5.74) is 1.01. The van der Waals surface area contributed by atoms with Gasteiger partial charge in [0.2, 0.25) is 11.9 Å². The van der Waals surface area contributed by atoms with Crippen molar-refractivity contribution in [2.45, 2.75) is 25.3 Å². The molecule has 3 heterocycles. The van der Waals surface area contributed by atoms with Gasteiger partial charge in [-0.2, -0.15) is 0 Å². The minimum atomic E-state index is 0.0446. The first-order valence-electron chi connectivity index (χ1n) is 7.70. The molecule has 122 valence electrons. The van der Waals surface area contributed by atoms with Gasteiger partial charge in [-0.3, -0.25) is 9.69 Å². The van der Waals surface area contributed by atoms with Gasteiger partial charge in [0.25, 0.3) is 0 Å². The summed E-state index contributed by atoms with van der Waals surface area (Å²) in [6, 6.07) is 1.97. The van der Waals surface area contributed by atoms with E-state index >= 15 is 0 Å². The van der Waals surface area contributed by atoms with Crippen LogP contribution in [0.15, 0.2) is 23.8 Å². The van der Waals surface area contributed by atoms with Crippen molar-refractivity contribution in [3.05, 3.63) is 29.5 Å². The van der Waals surface area contributed by atoms with Gasteiger partial charge in [0.15, 0.2) is 5.13 Å². The van der Waals surface area contributed by atoms with E-state index in [9.17, 15) is 4.79 Å². The number of hydrogen-bond donors (Lipinski definition) is 2. The van der Waals surface area contributed by atoms with Gasteiger partial charge in [0.1, 0.15) is 0 Å². The van der Waals surface area contributed by atoms with Crippen LogP contribution in [0.4, 0.5) is 11.1 Å². The number of thiazole rings is 1. The molecule has 1 aliphatic rings. The van der Waals surface area contributed by atoms with Crippen molar-refractivity contribution in [2.75, 3.05) is 25.5 Å². The number of likely N-dealkylation sites (N-methyl/N-ethyl adjacent to an activating group) is 1. The average Bonchev–Trinajstić information content (AvgIpc) is 3.04. The van der Waals surface area contributed by atoms with Crippen LogP contribution in [0.2, 0.25) is 0 Å². The number of carbonyl (C=O) groups excluding carboxylic acids is 1. The Hall–Kier alpha value is -2.06. The second-order valence-corrected chi connectivity index (χ2v) is 6.29. The van der Waals surface area contributed by atoms with Crippen molar-refractivity contribution in [1.82, 2.24) is 25.2 Å². The standard InChI is InChI=1S/C15H20N6OS/c1-16-13(22)9-21-8-3-2-5-12(21)11-10-23-15(19-11)20-14-17-6-4-7-18-14/h4,6-7,10,12H,2-3,5,8-9H2,1H3,(H,16,22)(H,17,18,19,20). The second-order valence-electron chi connectivity index (χ2n) is 5.43. The third kappa shape index (κ3) is 4.02. The van der Waals surface area contributed by atoms with E-state index in [-0.39, 0.29) is 11.9 Å². The third-order valence-corrected chi connectivity index (χ3v) is 4.66. The molecule has 0 saturated carbocycles. The first kappa shape index (κ1) is 15.8. The molecule has 1 unspecified atom stereocenters. The molecule has 2 N–H and O–H groups in total. The maximum atomic E-state index is 11.7. The Balaban J connectivity index is 1.71. The predicted molar refractivity (Wildman–Crippen MR) is 89.7 cm³/mol. The van der Waals surface area contributed by atoms with E-state index in [4.69, 9.17) is 0 Å². The number of nitrogens with zero attached hydrogens (tertiary/aromatic N) is 4. The van der Waals surface area contributed by atoms with Crippen LogP contribution in [0, 0.1) is 0 Å². The molecule has 2 aromatic rings. The van der Waals surface area contributed by atoms with Gasteiger partial charge in [-0.1, -0.05) is 6.42 Å². The van der Waals surface area contributed by atoms with Crippen LogP contribution >= 0.6 is 11.3 Å². The third-order valence-electron chi connectivity index (χ3n) is 3.89. The number of anilines is 2. The molecule has 7 nitrogen and oxygen atoms in total. The van der Waals surface area contributed by atoms with E-state index in [1.165, 1.54) is 11.3 Å². The monoisotopic (exact) mass is 332 g/mol. The highest BCUT2D eigenvalue weighted by Crippen LogP contribution is 2.32. The summed E-state index contributed by atoms with van der Waals surface area (Å²) in [6.07, 6.45) is 6.70. The molecule has 0 aromatic carbocycles. The number of rotatable bonds is 5. The van der Waals surface area contributed by atoms with Crippen molar-refractivity contribution in [3.8, 4) is 0 Å². The quantitative estimate of drug-likeness (QED) is 0.871. The summed E-state index contributed by atoms with van der Waals surface area (Å²) in [7, 11) is 1.67. The highest BCUT2D eigenvalue weighted by Gasteiger charge is 2.27. The van der Waals surface area contributed by atoms with Crippen LogP contribution in [-0.2, 0) is 4.79 Å². The highest BCUT2D eigenvalue weighted by molar-refractivity contribution is 7.13. The van der Waals surface area contributed by atoms with Crippen LogP contribution in [0.25, 0.3) is 0 Å². The zero-order valence-corrected chi connectivity index (χ0v) is 13.8. The number of likely N-dealkylation sites (tertiary alicyclic amines) is 1. The fraction of sp³-hybridized carbons (Fsp3) is 0.467. The summed E-state index contributed by atoms with van der Waals surface area (Å²) in [5, 5.41) is 8.64. The lowest BCUT2D eigenvalue weighted by Crippen LogP contribution is -2.40. The van der Waals surface area contributed by atoms with E-state index in [2.05, 4.69) is 35.9 Å². The van der Waals surface area contributed by atoms with Crippen molar-refractivity contribution < 1.29 is 4.79 Å². The normalized spacial score (nSPS) is 18.6. The molecule has 1 saturated heterocycles. The van der Waals surface area contributed by atoms with Crippen molar-refractivity contribution in [1.29, 1.82) is 0 Å². The van der Waals surface area contributed by atoms with E-state index in [1.807, 2.05) is 0 Å². The Kier molecular flexibility index (Phi) is 5.14. The average molecular weight is 332 g/mol. The van der Waals surface area contributed by atoms with E-state index in [1.54, 1.807) is 25.5 Å². The molecule has 1 amide bonds. The Bertz CT molecular complexity index is 646. The molecule has 3 rings (SSSR count). The van der Waals surface area contributed by atoms with Crippen LogP contribution in [0.5, 0.6) is 0 Å². The molecule has 0 spiro atoms. The number of carbonyl (C=O) groups is 1. The summed E-state index contributed by atoms with van der Waals surface area (Å²) < 4.78 is 0. The fourth-order valence-electron chi connectivity index (χ4n) is 2.73. The number of hydrogen-bond acceptors (Lipinski definition) is 7. The Morgan fingerprint density at radius 2 is 2.22 bits per heavy atom.